The number of hydrogen-bond donors (Lipinski definition) is 3. The van der Waals surface area contributed by atoms with Gasteiger partial charge in [-0.2, -0.15) is 5.26 Å². The first-order valence-electron chi connectivity index (χ1n) is 15.7. The maximum absolute atomic E-state index is 13.5. The number of amides is 2. The number of nitrogens with zero attached hydrogens (tertiary/aromatic N) is 2. The predicted octanol–water partition coefficient (Wildman–Crippen LogP) is 3.95. The van der Waals surface area contributed by atoms with E-state index in [0.717, 1.165) is 68.2 Å². The van der Waals surface area contributed by atoms with Crippen LogP contribution in [0.1, 0.15) is 86.6 Å². The first-order chi connectivity index (χ1) is 20.4. The van der Waals surface area contributed by atoms with Gasteiger partial charge in [-0.1, -0.05) is 31.2 Å². The lowest BCUT2D eigenvalue weighted by atomic mass is 9.72. The van der Waals surface area contributed by atoms with Crippen LogP contribution in [-0.4, -0.2) is 58.7 Å². The molecule has 0 radical (unpaired) electrons. The normalized spacial score (nSPS) is 24.1. The lowest BCUT2D eigenvalue weighted by molar-refractivity contribution is -0.131. The lowest BCUT2D eigenvalue weighted by Crippen LogP contribution is -2.53. The Morgan fingerprint density at radius 1 is 1.19 bits per heavy atom. The molecule has 222 valence electrons. The summed E-state index contributed by atoms with van der Waals surface area (Å²) in [5.74, 6) is 0.364. The van der Waals surface area contributed by atoms with E-state index in [-0.39, 0.29) is 42.5 Å². The van der Waals surface area contributed by atoms with Gasteiger partial charge in [-0.3, -0.25) is 9.59 Å². The molecule has 2 aromatic carbocycles. The Labute approximate surface area is 248 Å². The molecule has 3 fully saturated rings. The molecule has 4 atom stereocenters. The van der Waals surface area contributed by atoms with Crippen LogP contribution < -0.4 is 15.4 Å². The summed E-state index contributed by atoms with van der Waals surface area (Å²) >= 11 is 0. The van der Waals surface area contributed by atoms with Crippen LogP contribution >= 0.6 is 0 Å². The van der Waals surface area contributed by atoms with E-state index in [2.05, 4.69) is 41.8 Å². The van der Waals surface area contributed by atoms with Gasteiger partial charge in [-0.15, -0.1) is 0 Å². The van der Waals surface area contributed by atoms with Crippen LogP contribution in [0, 0.1) is 17.2 Å². The predicted molar refractivity (Wildman–Crippen MR) is 159 cm³/mol. The molecule has 1 spiro atoms. The summed E-state index contributed by atoms with van der Waals surface area (Å²) in [5, 5.41) is 27.7. The summed E-state index contributed by atoms with van der Waals surface area (Å²) < 4.78 is 6.48. The fourth-order valence-corrected chi connectivity index (χ4v) is 6.97. The van der Waals surface area contributed by atoms with Crippen molar-refractivity contribution in [1.29, 1.82) is 5.26 Å². The molecular weight excluding hydrogens is 528 g/mol. The number of rotatable bonds is 10. The Morgan fingerprint density at radius 2 is 2.02 bits per heavy atom. The minimum absolute atomic E-state index is 0.0388. The minimum atomic E-state index is -0.877. The summed E-state index contributed by atoms with van der Waals surface area (Å²) in [6.45, 7) is 2.88. The molecule has 6 rings (SSSR count). The van der Waals surface area contributed by atoms with Crippen LogP contribution in [-0.2, 0) is 22.4 Å². The van der Waals surface area contributed by atoms with E-state index in [1.54, 1.807) is 12.1 Å². The van der Waals surface area contributed by atoms with Crippen molar-refractivity contribution in [1.82, 2.24) is 15.5 Å². The second-order valence-corrected chi connectivity index (χ2v) is 12.8. The van der Waals surface area contributed by atoms with E-state index >= 15 is 0 Å². The van der Waals surface area contributed by atoms with Gasteiger partial charge in [-0.05, 0) is 80.7 Å². The second kappa shape index (κ2) is 12.1. The molecule has 4 aliphatic rings. The highest BCUT2D eigenvalue weighted by molar-refractivity contribution is 5.89. The first kappa shape index (κ1) is 28.7. The van der Waals surface area contributed by atoms with Gasteiger partial charge >= 0.3 is 0 Å². The van der Waals surface area contributed by atoms with Crippen LogP contribution in [0.5, 0.6) is 5.75 Å². The zero-order chi connectivity index (χ0) is 29.3. The molecule has 2 saturated carbocycles. The molecule has 2 aliphatic heterocycles. The Balaban J connectivity index is 1.17. The third-order valence-corrected chi connectivity index (χ3v) is 9.95. The Bertz CT molecular complexity index is 1360. The van der Waals surface area contributed by atoms with E-state index < -0.39 is 18.1 Å². The van der Waals surface area contributed by atoms with Gasteiger partial charge < -0.3 is 25.4 Å². The molecule has 2 aliphatic carbocycles. The number of carbonyl (C=O) groups excluding carboxylic acids is 2. The molecule has 3 N–H and O–H groups in total. The van der Waals surface area contributed by atoms with Crippen molar-refractivity contribution in [3.05, 3.63) is 64.7 Å². The number of likely N-dealkylation sites (tertiary alicyclic amines) is 1. The summed E-state index contributed by atoms with van der Waals surface area (Å²) in [5.41, 5.74) is 3.64. The first-order valence-corrected chi connectivity index (χ1v) is 15.7. The molecule has 1 unspecified atom stereocenters. The quantitative estimate of drug-likeness (QED) is 0.399. The third kappa shape index (κ3) is 5.91. The molecule has 0 bridgehead atoms. The summed E-state index contributed by atoms with van der Waals surface area (Å²) in [7, 11) is 0. The monoisotopic (exact) mass is 570 g/mol. The molecule has 2 amide bonds. The van der Waals surface area contributed by atoms with Gasteiger partial charge in [0.15, 0.2) is 0 Å². The van der Waals surface area contributed by atoms with E-state index in [0.29, 0.717) is 18.5 Å². The van der Waals surface area contributed by atoms with E-state index in [9.17, 15) is 20.0 Å². The molecule has 1 saturated heterocycles. The largest absolute Gasteiger partial charge is 0.487 e. The highest BCUT2D eigenvalue weighted by atomic mass is 16.5. The summed E-state index contributed by atoms with van der Waals surface area (Å²) in [4.78, 5) is 28.0. The van der Waals surface area contributed by atoms with E-state index in [4.69, 9.17) is 4.74 Å². The fourth-order valence-electron chi connectivity index (χ4n) is 6.97. The smallest absolute Gasteiger partial charge is 0.225 e. The average Bonchev–Trinajstić information content (AvgIpc) is 3.34. The van der Waals surface area contributed by atoms with Gasteiger partial charge in [0.1, 0.15) is 11.4 Å². The van der Waals surface area contributed by atoms with Crippen LogP contribution in [0.3, 0.4) is 0 Å². The van der Waals surface area contributed by atoms with Crippen molar-refractivity contribution >= 4 is 11.8 Å². The lowest BCUT2D eigenvalue weighted by Gasteiger charge is -2.48. The number of aliphatic hydroxyl groups is 1. The highest BCUT2D eigenvalue weighted by Gasteiger charge is 2.46. The standard InChI is InChI=1S/C34H42N4O4/c1-2-22-10-11-31-27(15-22)29(18-34(42-31)12-5-13-34)36-20-30(39)28(16-23-6-3-7-24(14-23)19-35)37-33(41)25-17-32(40)38(21-25)26-8-4-9-26/h3,6-7,10-11,14-15,25-26,28-30,36,39H,2,4-5,8-9,12-13,16-18,20-21H2,1H3,(H,37,41)/t25?,28-,29-,30+/m0/s1. The van der Waals surface area contributed by atoms with Crippen molar-refractivity contribution in [2.24, 2.45) is 5.92 Å². The van der Waals surface area contributed by atoms with Crippen molar-refractivity contribution in [2.75, 3.05) is 13.1 Å². The maximum atomic E-state index is 13.5. The molecule has 0 aromatic heterocycles. The van der Waals surface area contributed by atoms with E-state index in [1.165, 1.54) is 5.56 Å². The molecular formula is C34H42N4O4. The molecule has 2 aromatic rings. The number of nitriles is 1. The minimum Gasteiger partial charge on any atom is -0.487 e. The topological polar surface area (TPSA) is 115 Å². The van der Waals surface area contributed by atoms with Gasteiger partial charge in [0.05, 0.1) is 29.7 Å². The Hall–Kier alpha value is -3.41. The van der Waals surface area contributed by atoms with E-state index in [1.807, 2.05) is 17.0 Å². The van der Waals surface area contributed by atoms with Crippen LogP contribution in [0.15, 0.2) is 42.5 Å². The number of aryl methyl sites for hydroxylation is 1. The molecule has 2 heterocycles. The Kier molecular flexibility index (Phi) is 8.24. The van der Waals surface area contributed by atoms with Crippen molar-refractivity contribution < 1.29 is 19.4 Å². The summed E-state index contributed by atoms with van der Waals surface area (Å²) in [6.07, 6.45) is 7.90. The fraction of sp³-hybridized carbons (Fsp3) is 0.559. The Morgan fingerprint density at radius 3 is 2.71 bits per heavy atom. The zero-order valence-corrected chi connectivity index (χ0v) is 24.5. The summed E-state index contributed by atoms with van der Waals surface area (Å²) in [6, 6.07) is 15.6. The number of nitrogens with one attached hydrogen (secondary N) is 2. The van der Waals surface area contributed by atoms with Crippen molar-refractivity contribution in [3.8, 4) is 11.8 Å². The number of benzene rings is 2. The highest BCUT2D eigenvalue weighted by Crippen LogP contribution is 2.49. The van der Waals surface area contributed by atoms with Crippen LogP contribution in [0.4, 0.5) is 0 Å². The van der Waals surface area contributed by atoms with Crippen molar-refractivity contribution in [3.63, 3.8) is 0 Å². The van der Waals surface area contributed by atoms with Gasteiger partial charge in [0, 0.05) is 43.6 Å². The zero-order valence-electron chi connectivity index (χ0n) is 24.5. The number of hydrogen-bond acceptors (Lipinski definition) is 6. The molecule has 8 nitrogen and oxygen atoms in total. The van der Waals surface area contributed by atoms with Crippen LogP contribution in [0.2, 0.25) is 0 Å². The molecule has 42 heavy (non-hydrogen) atoms. The maximum Gasteiger partial charge on any atom is 0.225 e. The SMILES string of the molecule is CCc1ccc2c(c1)[C@@H](NC[C@@H](O)[C@H](Cc1cccc(C#N)c1)NC(=O)C1CC(=O)N(C3CCC3)C1)CC1(CCC1)O2. The molecule has 8 heteroatoms. The number of carbonyl (C=O) groups is 2. The number of fused-ring (bicyclic) bond motifs is 1. The number of aliphatic hydroxyl groups excluding tert-OH is 1. The number of ether oxygens (including phenoxy) is 1. The average molecular weight is 571 g/mol. The third-order valence-electron chi connectivity index (χ3n) is 9.95. The second-order valence-electron chi connectivity index (χ2n) is 12.8. The van der Waals surface area contributed by atoms with Crippen molar-refractivity contribution in [2.45, 2.75) is 101 Å². The van der Waals surface area contributed by atoms with Crippen LogP contribution in [0.25, 0.3) is 0 Å². The van der Waals surface area contributed by atoms with Gasteiger partial charge in [0.25, 0.3) is 0 Å². The van der Waals surface area contributed by atoms with Gasteiger partial charge in [-0.25, -0.2) is 0 Å². The van der Waals surface area contributed by atoms with Gasteiger partial charge in [0.2, 0.25) is 11.8 Å².